The zero-order valence-corrected chi connectivity index (χ0v) is 15.2. The van der Waals surface area contributed by atoms with E-state index in [0.717, 1.165) is 26.3 Å². The van der Waals surface area contributed by atoms with Crippen LogP contribution < -0.4 is 11.1 Å². The van der Waals surface area contributed by atoms with Gasteiger partial charge in [0.1, 0.15) is 0 Å². The largest absolute Gasteiger partial charge is 0.379 e. The summed E-state index contributed by atoms with van der Waals surface area (Å²) in [5.41, 5.74) is 5.87. The van der Waals surface area contributed by atoms with Crippen molar-refractivity contribution >= 4 is 29.9 Å². The summed E-state index contributed by atoms with van der Waals surface area (Å²) in [6.45, 7) is 14.9. The standard InChI is InChI=1S/C13H28N4O.HI/c1-12(2,3)16-11(14)15-10-13(4,5)17-6-8-18-9-7-17;/h6-10H2,1-5H3,(H3,14,15,16);1H. The Hall–Kier alpha value is -0.0800. The molecule has 19 heavy (non-hydrogen) atoms. The third kappa shape index (κ3) is 7.31. The van der Waals surface area contributed by atoms with E-state index in [1.54, 1.807) is 0 Å². The van der Waals surface area contributed by atoms with Gasteiger partial charge in [-0.3, -0.25) is 9.89 Å². The lowest BCUT2D eigenvalue weighted by atomic mass is 10.0. The molecule has 1 rings (SSSR count). The van der Waals surface area contributed by atoms with E-state index in [0.29, 0.717) is 12.5 Å². The molecule has 0 aromatic heterocycles. The Morgan fingerprint density at radius 3 is 2.21 bits per heavy atom. The van der Waals surface area contributed by atoms with Gasteiger partial charge >= 0.3 is 0 Å². The van der Waals surface area contributed by atoms with Gasteiger partial charge in [0, 0.05) is 24.2 Å². The van der Waals surface area contributed by atoms with Gasteiger partial charge in [-0.15, -0.1) is 24.0 Å². The Morgan fingerprint density at radius 2 is 1.74 bits per heavy atom. The number of nitrogens with one attached hydrogen (secondary N) is 1. The van der Waals surface area contributed by atoms with E-state index in [2.05, 4.69) is 49.8 Å². The third-order valence-electron chi connectivity index (χ3n) is 3.01. The van der Waals surface area contributed by atoms with Crippen LogP contribution in [0.5, 0.6) is 0 Å². The number of guanidine groups is 1. The van der Waals surface area contributed by atoms with Crippen LogP contribution in [0, 0.1) is 0 Å². The number of nitrogens with zero attached hydrogens (tertiary/aromatic N) is 2. The molecule has 0 saturated carbocycles. The van der Waals surface area contributed by atoms with E-state index < -0.39 is 0 Å². The second-order valence-corrected chi connectivity index (χ2v) is 6.49. The second-order valence-electron chi connectivity index (χ2n) is 6.49. The predicted molar refractivity (Wildman–Crippen MR) is 91.3 cm³/mol. The van der Waals surface area contributed by atoms with E-state index in [1.165, 1.54) is 0 Å². The Morgan fingerprint density at radius 1 is 1.21 bits per heavy atom. The van der Waals surface area contributed by atoms with E-state index in [-0.39, 0.29) is 35.1 Å². The van der Waals surface area contributed by atoms with Crippen LogP contribution in [-0.2, 0) is 4.74 Å². The van der Waals surface area contributed by atoms with Gasteiger partial charge in [-0.2, -0.15) is 0 Å². The maximum atomic E-state index is 5.89. The summed E-state index contributed by atoms with van der Waals surface area (Å²) in [6, 6.07) is 0. The molecule has 0 bridgehead atoms. The van der Waals surface area contributed by atoms with Gasteiger partial charge < -0.3 is 15.8 Å². The quantitative estimate of drug-likeness (QED) is 0.439. The molecule has 0 amide bonds. The van der Waals surface area contributed by atoms with E-state index in [4.69, 9.17) is 10.5 Å². The fourth-order valence-electron chi connectivity index (χ4n) is 1.97. The summed E-state index contributed by atoms with van der Waals surface area (Å²) in [4.78, 5) is 6.86. The molecule has 3 N–H and O–H groups in total. The third-order valence-corrected chi connectivity index (χ3v) is 3.01. The topological polar surface area (TPSA) is 62.9 Å². The first-order valence-corrected chi connectivity index (χ1v) is 6.62. The molecule has 1 saturated heterocycles. The summed E-state index contributed by atoms with van der Waals surface area (Å²) in [6.07, 6.45) is 0. The van der Waals surface area contributed by atoms with Crippen molar-refractivity contribution in [3.63, 3.8) is 0 Å². The van der Waals surface area contributed by atoms with Gasteiger partial charge in [0.2, 0.25) is 0 Å². The van der Waals surface area contributed by atoms with Crippen molar-refractivity contribution in [1.29, 1.82) is 0 Å². The normalized spacial score (nSPS) is 18.9. The highest BCUT2D eigenvalue weighted by atomic mass is 127. The van der Waals surface area contributed by atoms with Crippen molar-refractivity contribution in [1.82, 2.24) is 10.2 Å². The molecule has 1 aliphatic heterocycles. The number of rotatable bonds is 3. The van der Waals surface area contributed by atoms with Crippen molar-refractivity contribution in [3.05, 3.63) is 0 Å². The molecule has 0 aromatic rings. The highest BCUT2D eigenvalue weighted by Gasteiger charge is 2.28. The summed E-state index contributed by atoms with van der Waals surface area (Å²) in [5, 5.41) is 3.18. The molecule has 6 heteroatoms. The van der Waals surface area contributed by atoms with E-state index >= 15 is 0 Å². The predicted octanol–water partition coefficient (Wildman–Crippen LogP) is 1.42. The average Bonchev–Trinajstić information content (AvgIpc) is 2.26. The Balaban J connectivity index is 0.00000324. The molecule has 0 atom stereocenters. The monoisotopic (exact) mass is 384 g/mol. The zero-order chi connectivity index (χ0) is 13.8. The Bertz CT molecular complexity index is 294. The highest BCUT2D eigenvalue weighted by Crippen LogP contribution is 2.16. The summed E-state index contributed by atoms with van der Waals surface area (Å²) >= 11 is 0. The first kappa shape index (κ1) is 18.9. The lowest BCUT2D eigenvalue weighted by molar-refractivity contribution is -0.00683. The Labute approximate surface area is 134 Å². The van der Waals surface area contributed by atoms with Gasteiger partial charge in [-0.25, -0.2) is 0 Å². The fraction of sp³-hybridized carbons (Fsp3) is 0.923. The number of aliphatic imine (C=N–C) groups is 1. The highest BCUT2D eigenvalue weighted by molar-refractivity contribution is 14.0. The molecule has 5 nitrogen and oxygen atoms in total. The van der Waals surface area contributed by atoms with Crippen LogP contribution in [0.2, 0.25) is 0 Å². The van der Waals surface area contributed by atoms with Crippen LogP contribution in [0.1, 0.15) is 34.6 Å². The molecular weight excluding hydrogens is 355 g/mol. The smallest absolute Gasteiger partial charge is 0.189 e. The first-order chi connectivity index (χ1) is 8.21. The maximum absolute atomic E-state index is 5.89. The fourth-order valence-corrected chi connectivity index (χ4v) is 1.97. The van der Waals surface area contributed by atoms with Crippen molar-refractivity contribution < 1.29 is 4.74 Å². The summed E-state index contributed by atoms with van der Waals surface area (Å²) in [5.74, 6) is 0.517. The van der Waals surface area contributed by atoms with Crippen molar-refractivity contribution in [2.24, 2.45) is 10.7 Å². The van der Waals surface area contributed by atoms with Crippen molar-refractivity contribution in [3.8, 4) is 0 Å². The number of hydrogen-bond acceptors (Lipinski definition) is 3. The van der Waals surface area contributed by atoms with Crippen molar-refractivity contribution in [2.75, 3.05) is 32.8 Å². The molecule has 1 heterocycles. The van der Waals surface area contributed by atoms with Crippen LogP contribution >= 0.6 is 24.0 Å². The van der Waals surface area contributed by atoms with Crippen LogP contribution in [-0.4, -0.2) is 54.8 Å². The molecule has 0 aliphatic carbocycles. The second kappa shape index (κ2) is 7.64. The SMILES string of the molecule is CC(C)(C)NC(N)=NCC(C)(C)N1CCOCC1.I. The minimum absolute atomic E-state index is 0. The molecular formula is C13H29IN4O. The molecule has 0 radical (unpaired) electrons. The van der Waals surface area contributed by atoms with Crippen LogP contribution in [0.3, 0.4) is 0 Å². The minimum atomic E-state index is -0.0450. The molecule has 114 valence electrons. The van der Waals surface area contributed by atoms with Gasteiger partial charge in [-0.05, 0) is 34.6 Å². The zero-order valence-electron chi connectivity index (χ0n) is 12.8. The number of nitrogens with two attached hydrogens (primary N) is 1. The number of morpholine rings is 1. The molecule has 0 aromatic carbocycles. The van der Waals surface area contributed by atoms with Crippen LogP contribution in [0.15, 0.2) is 4.99 Å². The minimum Gasteiger partial charge on any atom is -0.379 e. The first-order valence-electron chi connectivity index (χ1n) is 6.62. The van der Waals surface area contributed by atoms with Crippen molar-refractivity contribution in [2.45, 2.75) is 45.7 Å². The average molecular weight is 384 g/mol. The van der Waals surface area contributed by atoms with Crippen LogP contribution in [0.25, 0.3) is 0 Å². The lowest BCUT2D eigenvalue weighted by Gasteiger charge is -2.40. The summed E-state index contributed by atoms with van der Waals surface area (Å²) in [7, 11) is 0. The van der Waals surface area contributed by atoms with E-state index in [1.807, 2.05) is 0 Å². The van der Waals surface area contributed by atoms with Gasteiger partial charge in [0.15, 0.2) is 5.96 Å². The molecule has 0 spiro atoms. The van der Waals surface area contributed by atoms with E-state index in [9.17, 15) is 0 Å². The number of halogens is 1. The lowest BCUT2D eigenvalue weighted by Crippen LogP contribution is -2.52. The molecule has 1 aliphatic rings. The van der Waals surface area contributed by atoms with Gasteiger partial charge in [-0.1, -0.05) is 0 Å². The number of ether oxygens (including phenoxy) is 1. The summed E-state index contributed by atoms with van der Waals surface area (Å²) < 4.78 is 5.37. The Kier molecular flexibility index (Phi) is 7.60. The van der Waals surface area contributed by atoms with Gasteiger partial charge in [0.05, 0.1) is 19.8 Å². The molecule has 0 unspecified atom stereocenters. The van der Waals surface area contributed by atoms with Crippen LogP contribution in [0.4, 0.5) is 0 Å². The molecule has 1 fully saturated rings. The number of hydrogen-bond donors (Lipinski definition) is 2. The maximum Gasteiger partial charge on any atom is 0.189 e. The van der Waals surface area contributed by atoms with Gasteiger partial charge in [0.25, 0.3) is 0 Å².